The quantitative estimate of drug-likeness (QED) is 0.154. The van der Waals surface area contributed by atoms with E-state index in [1.807, 2.05) is 0 Å². The number of rotatable bonds is 7. The van der Waals surface area contributed by atoms with E-state index in [1.165, 1.54) is 63.1 Å². The monoisotopic (exact) mass is 956 g/mol. The maximum Gasteiger partial charge on any atom is 0.294 e. The first-order valence-corrected chi connectivity index (χ1v) is 21.2. The van der Waals surface area contributed by atoms with E-state index < -0.39 is 20.2 Å². The first-order chi connectivity index (χ1) is 25.9. The molecule has 57 heavy (non-hydrogen) atoms. The van der Waals surface area contributed by atoms with Gasteiger partial charge in [0.15, 0.2) is 0 Å². The first-order valence-electron chi connectivity index (χ1n) is 18.3. The Morgan fingerprint density at radius 3 is 0.877 bits per heavy atom. The van der Waals surface area contributed by atoms with Gasteiger partial charge in [-0.05, 0) is 111 Å². The van der Waals surface area contributed by atoms with E-state index in [0.29, 0.717) is 22.3 Å². The van der Waals surface area contributed by atoms with E-state index in [0.717, 1.165) is 6.42 Å². The normalized spacial score (nSPS) is 10.5. The van der Waals surface area contributed by atoms with Crippen molar-refractivity contribution in [3.8, 4) is 11.1 Å². The van der Waals surface area contributed by atoms with Gasteiger partial charge in [-0.1, -0.05) is 164 Å². The molecule has 0 spiro atoms. The second-order valence-corrected chi connectivity index (χ2v) is 16.7. The van der Waals surface area contributed by atoms with Crippen LogP contribution < -0.4 is 0 Å². The number of hydrogen-bond acceptors (Lipinski definition) is 4. The molecule has 0 saturated heterocycles. The Balaban J connectivity index is 0.000000420. The van der Waals surface area contributed by atoms with Crippen molar-refractivity contribution < 1.29 is 91.4 Å². The third-order valence-corrected chi connectivity index (χ3v) is 10.5. The largest absolute Gasteiger partial charge is 0.294 e. The molecule has 2 N–H and O–H groups in total. The molecule has 0 bridgehead atoms. The average Bonchev–Trinajstić information content (AvgIpc) is 3.13. The van der Waals surface area contributed by atoms with Gasteiger partial charge in [-0.25, -0.2) is 0 Å². The van der Waals surface area contributed by atoms with Crippen LogP contribution in [-0.4, -0.2) is 25.9 Å². The second kappa shape index (κ2) is 25.1. The molecule has 10 heteroatoms. The van der Waals surface area contributed by atoms with Crippen molar-refractivity contribution in [1.29, 1.82) is 0 Å². The topological polar surface area (TPSA) is 109 Å². The molecule has 0 saturated carbocycles. The van der Waals surface area contributed by atoms with Crippen LogP contribution in [0.15, 0.2) is 143 Å². The Kier molecular flexibility index (Phi) is 23.0. The summed E-state index contributed by atoms with van der Waals surface area (Å²) in [6.07, 6.45) is 2.53. The van der Waals surface area contributed by atoms with E-state index in [-0.39, 0.29) is 81.6 Å². The van der Waals surface area contributed by atoms with Crippen LogP contribution in [0.5, 0.6) is 0 Å². The summed E-state index contributed by atoms with van der Waals surface area (Å²) in [7, 11) is -8.64. The Morgan fingerprint density at radius 1 is 0.386 bits per heavy atom. The van der Waals surface area contributed by atoms with Gasteiger partial charge < -0.3 is 0 Å². The summed E-state index contributed by atoms with van der Waals surface area (Å²) in [4.78, 5) is -0.366. The Labute approximate surface area is 392 Å². The van der Waals surface area contributed by atoms with Gasteiger partial charge in [0.2, 0.25) is 0 Å². The Bertz CT molecular complexity index is 2170. The van der Waals surface area contributed by atoms with Gasteiger partial charge in [0.1, 0.15) is 0 Å². The summed E-state index contributed by atoms with van der Waals surface area (Å²) in [6.45, 7) is 15.8. The fraction of sp³-hybridized carbons (Fsp3) is 0.234. The minimum atomic E-state index is -4.32. The predicted molar refractivity (Wildman–Crippen MR) is 227 cm³/mol. The molecule has 0 fully saturated rings. The van der Waals surface area contributed by atoms with Crippen LogP contribution in [0.1, 0.15) is 75.9 Å². The summed E-state index contributed by atoms with van der Waals surface area (Å²) in [6, 6.07) is 44.0. The van der Waals surface area contributed by atoms with E-state index in [2.05, 4.69) is 139 Å². The summed E-state index contributed by atoms with van der Waals surface area (Å²) in [5, 5.41) is 0. The third kappa shape index (κ3) is 18.4. The van der Waals surface area contributed by atoms with Crippen LogP contribution in [0.4, 0.5) is 0 Å². The predicted octanol–water partition coefficient (Wildman–Crippen LogP) is 11.7. The van der Waals surface area contributed by atoms with Gasteiger partial charge in [-0.15, -0.1) is 0 Å². The molecule has 6 aromatic carbocycles. The average molecular weight is 957 g/mol. The van der Waals surface area contributed by atoms with Crippen LogP contribution in [0.3, 0.4) is 0 Å². The van der Waals surface area contributed by atoms with Gasteiger partial charge in [0.05, 0.1) is 9.79 Å². The van der Waals surface area contributed by atoms with Crippen LogP contribution in [0.25, 0.3) is 11.1 Å². The van der Waals surface area contributed by atoms with Gasteiger partial charge in [0.25, 0.3) is 20.2 Å². The number of hydrogen-bond donors (Lipinski definition) is 2. The SMILES string of the molecule is CCC.Cc1ccc(-c2ccc(C)cc2)cc1.Cc1ccc(Cc2ccc(C)c(S(=O)(=O)O)c2)cc1S(=O)(=O)O.Cc1ccc(Cc2ccc(C)cc2)cc1.[Y].[Y]. The zero-order chi connectivity index (χ0) is 40.8. The van der Waals surface area contributed by atoms with Crippen LogP contribution in [-0.2, 0) is 98.5 Å². The summed E-state index contributed by atoms with van der Waals surface area (Å²) < 4.78 is 63.7. The molecular weight excluding hydrogens is 902 g/mol. The van der Waals surface area contributed by atoms with Crippen LogP contribution in [0, 0.1) is 41.5 Å². The molecule has 2 radical (unpaired) electrons. The van der Waals surface area contributed by atoms with Gasteiger partial charge in [0, 0.05) is 65.4 Å². The van der Waals surface area contributed by atoms with Gasteiger partial charge in [-0.3, -0.25) is 9.11 Å². The molecule has 6 rings (SSSR count). The van der Waals surface area contributed by atoms with E-state index in [9.17, 15) is 25.9 Å². The fourth-order valence-electron chi connectivity index (χ4n) is 5.44. The smallest absolute Gasteiger partial charge is 0.282 e. The minimum Gasteiger partial charge on any atom is -0.282 e. The molecule has 0 heterocycles. The summed E-state index contributed by atoms with van der Waals surface area (Å²) >= 11 is 0. The maximum atomic E-state index is 11.3. The molecular formula is C47H54O6S2Y2. The van der Waals surface area contributed by atoms with Crippen molar-refractivity contribution in [1.82, 2.24) is 0 Å². The van der Waals surface area contributed by atoms with E-state index >= 15 is 0 Å². The molecule has 0 aliphatic rings. The molecule has 6 aromatic rings. The molecule has 6 nitrogen and oxygen atoms in total. The van der Waals surface area contributed by atoms with Crippen molar-refractivity contribution in [2.45, 2.75) is 84.4 Å². The molecule has 0 amide bonds. The third-order valence-electron chi connectivity index (χ3n) is 8.56. The summed E-state index contributed by atoms with van der Waals surface area (Å²) in [5.74, 6) is 0. The first kappa shape index (κ1) is 52.4. The molecule has 0 aliphatic heterocycles. The van der Waals surface area contributed by atoms with Crippen molar-refractivity contribution in [2.24, 2.45) is 0 Å². The standard InChI is InChI=1S/C15H16O6S2.C15H16.C14H14.C3H8.2Y/c1-10-3-5-12(8-14(10)22(16,17)18)7-13-6-4-11(2)15(9-13)23(19,20)21;1-12-3-7-14(8-4-12)11-15-9-5-13(2)6-10-15;1-11-3-7-13(8-4-11)14-9-5-12(2)6-10-14;1-3-2;;/h3-6,8-9H,7H2,1-2H3,(H,16,17,18)(H,19,20,21);3-10H,11H2,1-2H3;3-10H,1-2H3;3H2,1-2H3;;. The van der Waals surface area contributed by atoms with E-state index in [4.69, 9.17) is 0 Å². The van der Waals surface area contributed by atoms with Crippen molar-refractivity contribution in [2.75, 3.05) is 0 Å². The molecule has 0 unspecified atom stereocenters. The second-order valence-electron chi connectivity index (χ2n) is 13.9. The summed E-state index contributed by atoms with van der Waals surface area (Å²) in [5.41, 5.74) is 12.6. The maximum absolute atomic E-state index is 11.3. The zero-order valence-corrected chi connectivity index (χ0v) is 41.6. The Morgan fingerprint density at radius 2 is 0.614 bits per heavy atom. The Hall–Kier alpha value is -2.65. The van der Waals surface area contributed by atoms with Crippen LogP contribution in [0.2, 0.25) is 0 Å². The van der Waals surface area contributed by atoms with Gasteiger partial charge >= 0.3 is 0 Å². The molecule has 0 atom stereocenters. The fourth-order valence-corrected chi connectivity index (χ4v) is 6.99. The number of aryl methyl sites for hydroxylation is 6. The zero-order valence-electron chi connectivity index (χ0n) is 34.3. The van der Waals surface area contributed by atoms with Crippen molar-refractivity contribution in [3.05, 3.63) is 189 Å². The number of benzene rings is 6. The van der Waals surface area contributed by atoms with Gasteiger partial charge in [-0.2, -0.15) is 16.8 Å². The molecule has 0 aliphatic carbocycles. The van der Waals surface area contributed by atoms with Crippen molar-refractivity contribution in [3.63, 3.8) is 0 Å². The van der Waals surface area contributed by atoms with Crippen LogP contribution >= 0.6 is 0 Å². The minimum absolute atomic E-state index is 0. The molecule has 296 valence electrons. The van der Waals surface area contributed by atoms with E-state index in [1.54, 1.807) is 38.1 Å². The van der Waals surface area contributed by atoms with Crippen molar-refractivity contribution >= 4 is 20.2 Å². The molecule has 0 aromatic heterocycles.